The zero-order valence-electron chi connectivity index (χ0n) is 12.6. The Morgan fingerprint density at radius 2 is 2.10 bits per heavy atom. The quantitative estimate of drug-likeness (QED) is 0.907. The van der Waals surface area contributed by atoms with E-state index in [2.05, 4.69) is 23.7 Å². The van der Waals surface area contributed by atoms with Crippen LogP contribution in [0.1, 0.15) is 49.7 Å². The second-order valence-corrected chi connectivity index (χ2v) is 6.23. The smallest absolute Gasteiger partial charge is 0.268 e. The van der Waals surface area contributed by atoms with Gasteiger partial charge in [-0.3, -0.25) is 4.79 Å². The van der Waals surface area contributed by atoms with Crippen molar-refractivity contribution < 1.29 is 4.79 Å². The number of carbonyl (C=O) groups is 1. The van der Waals surface area contributed by atoms with E-state index in [-0.39, 0.29) is 11.9 Å². The van der Waals surface area contributed by atoms with E-state index in [1.54, 1.807) is 0 Å². The highest BCUT2D eigenvalue weighted by atomic mass is 32.1. The van der Waals surface area contributed by atoms with Crippen LogP contribution in [0.5, 0.6) is 0 Å². The van der Waals surface area contributed by atoms with E-state index in [1.807, 2.05) is 11.8 Å². The zero-order valence-corrected chi connectivity index (χ0v) is 13.4. The maximum absolute atomic E-state index is 12.6. The predicted molar refractivity (Wildman–Crippen MR) is 84.4 cm³/mol. The molecule has 2 heterocycles. The SMILES string of the molecule is CCC(C)N(CC)C(=O)c1sc(N2CCCC2)nc1N. The van der Waals surface area contributed by atoms with Crippen LogP contribution in [-0.2, 0) is 0 Å². The summed E-state index contributed by atoms with van der Waals surface area (Å²) in [4.78, 5) is 21.7. The predicted octanol–water partition coefficient (Wildman–Crippen LogP) is 2.59. The van der Waals surface area contributed by atoms with Crippen molar-refractivity contribution in [2.75, 3.05) is 30.3 Å². The van der Waals surface area contributed by atoms with Crippen LogP contribution in [0.25, 0.3) is 0 Å². The number of amides is 1. The lowest BCUT2D eigenvalue weighted by Crippen LogP contribution is -2.38. The lowest BCUT2D eigenvalue weighted by Gasteiger charge is -2.26. The summed E-state index contributed by atoms with van der Waals surface area (Å²) in [6, 6.07) is 0.226. The number of carbonyl (C=O) groups excluding carboxylic acids is 1. The van der Waals surface area contributed by atoms with Crippen LogP contribution in [-0.4, -0.2) is 41.5 Å². The maximum Gasteiger partial charge on any atom is 0.268 e. The van der Waals surface area contributed by atoms with Gasteiger partial charge in [0.2, 0.25) is 0 Å². The number of aromatic nitrogens is 1. The highest BCUT2D eigenvalue weighted by Crippen LogP contribution is 2.31. The van der Waals surface area contributed by atoms with Gasteiger partial charge in [-0.2, -0.15) is 0 Å². The van der Waals surface area contributed by atoms with E-state index in [0.29, 0.717) is 17.2 Å². The van der Waals surface area contributed by atoms with Gasteiger partial charge in [0, 0.05) is 25.7 Å². The van der Waals surface area contributed by atoms with Crippen molar-refractivity contribution in [1.29, 1.82) is 0 Å². The highest BCUT2D eigenvalue weighted by molar-refractivity contribution is 7.18. The minimum atomic E-state index is 0.0160. The van der Waals surface area contributed by atoms with Crippen molar-refractivity contribution >= 4 is 28.2 Å². The molecule has 112 valence electrons. The van der Waals surface area contributed by atoms with Crippen molar-refractivity contribution in [3.8, 4) is 0 Å². The average Bonchev–Trinajstić information content (AvgIpc) is 3.07. The number of rotatable bonds is 5. The summed E-state index contributed by atoms with van der Waals surface area (Å²) in [6.45, 7) is 8.89. The van der Waals surface area contributed by atoms with Crippen molar-refractivity contribution in [2.45, 2.75) is 46.1 Å². The molecular weight excluding hydrogens is 272 g/mol. The number of hydrogen-bond donors (Lipinski definition) is 1. The van der Waals surface area contributed by atoms with Crippen LogP contribution in [0, 0.1) is 0 Å². The van der Waals surface area contributed by atoms with E-state index in [9.17, 15) is 4.79 Å². The number of nitrogen functional groups attached to an aromatic ring is 1. The van der Waals surface area contributed by atoms with Crippen LogP contribution in [0.2, 0.25) is 0 Å². The van der Waals surface area contributed by atoms with Gasteiger partial charge in [-0.05, 0) is 33.1 Å². The van der Waals surface area contributed by atoms with Crippen LogP contribution in [0.4, 0.5) is 10.9 Å². The number of nitrogens with two attached hydrogens (primary N) is 1. The summed E-state index contributed by atoms with van der Waals surface area (Å²) >= 11 is 1.44. The van der Waals surface area contributed by atoms with Gasteiger partial charge in [0.1, 0.15) is 10.7 Å². The largest absolute Gasteiger partial charge is 0.382 e. The van der Waals surface area contributed by atoms with E-state index < -0.39 is 0 Å². The van der Waals surface area contributed by atoms with Gasteiger partial charge in [-0.25, -0.2) is 4.98 Å². The normalized spacial score (nSPS) is 16.4. The van der Waals surface area contributed by atoms with Gasteiger partial charge in [-0.1, -0.05) is 18.3 Å². The first kappa shape index (κ1) is 15.1. The fourth-order valence-electron chi connectivity index (χ4n) is 2.52. The molecule has 1 saturated heterocycles. The molecule has 2 N–H and O–H groups in total. The third kappa shape index (κ3) is 2.90. The van der Waals surface area contributed by atoms with Gasteiger partial charge in [0.15, 0.2) is 5.13 Å². The summed E-state index contributed by atoms with van der Waals surface area (Å²) in [7, 11) is 0. The minimum Gasteiger partial charge on any atom is -0.382 e. The number of nitrogens with zero attached hydrogens (tertiary/aromatic N) is 3. The standard InChI is InChI=1S/C14H24N4OS/c1-4-10(3)18(5-2)13(19)11-12(15)16-14(20-11)17-8-6-7-9-17/h10H,4-9,15H2,1-3H3. The molecule has 5 nitrogen and oxygen atoms in total. The minimum absolute atomic E-state index is 0.0160. The van der Waals surface area contributed by atoms with Crippen LogP contribution < -0.4 is 10.6 Å². The zero-order chi connectivity index (χ0) is 14.7. The molecule has 0 bridgehead atoms. The molecule has 2 rings (SSSR count). The summed E-state index contributed by atoms with van der Waals surface area (Å²) in [5.74, 6) is 0.394. The Kier molecular flexibility index (Phi) is 4.86. The van der Waals surface area contributed by atoms with Gasteiger partial charge in [0.25, 0.3) is 5.91 Å². The molecule has 0 radical (unpaired) electrons. The molecule has 1 aromatic rings. The van der Waals surface area contributed by atoms with Crippen molar-refractivity contribution in [3.63, 3.8) is 0 Å². The molecule has 0 aromatic carbocycles. The molecule has 1 unspecified atom stereocenters. The average molecular weight is 296 g/mol. The molecule has 1 amide bonds. The molecule has 0 spiro atoms. The molecule has 20 heavy (non-hydrogen) atoms. The van der Waals surface area contributed by atoms with Gasteiger partial charge < -0.3 is 15.5 Å². The first-order valence-electron chi connectivity index (χ1n) is 7.40. The van der Waals surface area contributed by atoms with E-state index in [1.165, 1.54) is 24.2 Å². The van der Waals surface area contributed by atoms with Gasteiger partial charge in [-0.15, -0.1) is 0 Å². The molecule has 6 heteroatoms. The Morgan fingerprint density at radius 1 is 1.45 bits per heavy atom. The van der Waals surface area contributed by atoms with Gasteiger partial charge in [0.05, 0.1) is 0 Å². The first-order chi connectivity index (χ1) is 9.58. The van der Waals surface area contributed by atoms with Gasteiger partial charge >= 0.3 is 0 Å². The second kappa shape index (κ2) is 6.43. The molecule has 1 fully saturated rings. The van der Waals surface area contributed by atoms with Crippen molar-refractivity contribution in [3.05, 3.63) is 4.88 Å². The lowest BCUT2D eigenvalue weighted by molar-refractivity contribution is 0.0706. The highest BCUT2D eigenvalue weighted by Gasteiger charge is 2.26. The van der Waals surface area contributed by atoms with Crippen LogP contribution in [0.15, 0.2) is 0 Å². The lowest BCUT2D eigenvalue weighted by atomic mass is 10.2. The molecule has 1 aliphatic rings. The summed E-state index contributed by atoms with van der Waals surface area (Å²) in [6.07, 6.45) is 3.32. The molecule has 0 aliphatic carbocycles. The van der Waals surface area contributed by atoms with Crippen LogP contribution in [0.3, 0.4) is 0 Å². The Morgan fingerprint density at radius 3 is 2.65 bits per heavy atom. The maximum atomic E-state index is 12.6. The molecule has 1 aromatic heterocycles. The summed E-state index contributed by atoms with van der Waals surface area (Å²) in [5.41, 5.74) is 5.97. The number of hydrogen-bond acceptors (Lipinski definition) is 5. The Balaban J connectivity index is 2.20. The summed E-state index contributed by atoms with van der Waals surface area (Å²) in [5, 5.41) is 0.892. The van der Waals surface area contributed by atoms with Crippen molar-refractivity contribution in [2.24, 2.45) is 0 Å². The fourth-order valence-corrected chi connectivity index (χ4v) is 3.52. The third-order valence-electron chi connectivity index (χ3n) is 3.94. The Bertz CT molecular complexity index is 468. The first-order valence-corrected chi connectivity index (χ1v) is 8.22. The van der Waals surface area contributed by atoms with Crippen molar-refractivity contribution in [1.82, 2.24) is 9.88 Å². The second-order valence-electron chi connectivity index (χ2n) is 5.25. The summed E-state index contributed by atoms with van der Waals surface area (Å²) < 4.78 is 0. The Hall–Kier alpha value is -1.30. The van der Waals surface area contributed by atoms with Crippen LogP contribution >= 0.6 is 11.3 Å². The number of anilines is 2. The number of thiazole rings is 1. The van der Waals surface area contributed by atoms with E-state index in [0.717, 1.165) is 24.6 Å². The van der Waals surface area contributed by atoms with E-state index >= 15 is 0 Å². The molecular formula is C14H24N4OS. The van der Waals surface area contributed by atoms with E-state index in [4.69, 9.17) is 5.73 Å². The molecule has 0 saturated carbocycles. The topological polar surface area (TPSA) is 62.5 Å². The monoisotopic (exact) mass is 296 g/mol. The third-order valence-corrected chi connectivity index (χ3v) is 5.06. The Labute approximate surface area is 124 Å². The fraction of sp³-hybridized carbons (Fsp3) is 0.714. The molecule has 1 aliphatic heterocycles. The molecule has 1 atom stereocenters.